The maximum absolute atomic E-state index is 12.5. The number of hydrogen-bond acceptors (Lipinski definition) is 4. The molecule has 1 aliphatic carbocycles. The summed E-state index contributed by atoms with van der Waals surface area (Å²) in [5, 5.41) is 2.75. The molecule has 1 heterocycles. The van der Waals surface area contributed by atoms with Gasteiger partial charge in [0, 0.05) is 5.69 Å². The van der Waals surface area contributed by atoms with Crippen LogP contribution in [0.25, 0.3) is 0 Å². The van der Waals surface area contributed by atoms with E-state index in [2.05, 4.69) is 5.32 Å². The van der Waals surface area contributed by atoms with Gasteiger partial charge in [0.25, 0.3) is 0 Å². The monoisotopic (exact) mass is 392 g/mol. The lowest BCUT2D eigenvalue weighted by Gasteiger charge is -2.19. The van der Waals surface area contributed by atoms with Gasteiger partial charge in [-0.3, -0.25) is 19.3 Å². The third-order valence-electron chi connectivity index (χ3n) is 5.62. The Labute approximate surface area is 169 Å². The molecule has 0 bridgehead atoms. The van der Waals surface area contributed by atoms with Crippen LogP contribution in [0.15, 0.2) is 54.6 Å². The molecular weight excluding hydrogens is 368 g/mol. The Hall–Kier alpha value is -3.15. The first kappa shape index (κ1) is 19.2. The number of ether oxygens (including phenoxy) is 1. The summed E-state index contributed by atoms with van der Waals surface area (Å²) in [6.45, 7) is 0.241. The van der Waals surface area contributed by atoms with E-state index >= 15 is 0 Å². The second-order valence-corrected chi connectivity index (χ2v) is 7.61. The quantitative estimate of drug-likeness (QED) is 0.765. The van der Waals surface area contributed by atoms with Crippen LogP contribution in [0.5, 0.6) is 5.75 Å². The Morgan fingerprint density at radius 3 is 2.17 bits per heavy atom. The van der Waals surface area contributed by atoms with Crippen molar-refractivity contribution in [1.82, 2.24) is 4.90 Å². The summed E-state index contributed by atoms with van der Waals surface area (Å²) in [4.78, 5) is 38.5. The average Bonchev–Trinajstić information content (AvgIpc) is 2.99. The van der Waals surface area contributed by atoms with Gasteiger partial charge in [0.15, 0.2) is 0 Å². The molecule has 0 unspecified atom stereocenters. The number of likely N-dealkylation sites (tertiary alicyclic amines) is 1. The number of benzene rings is 2. The predicted molar refractivity (Wildman–Crippen MR) is 108 cm³/mol. The van der Waals surface area contributed by atoms with Crippen LogP contribution in [0.1, 0.15) is 31.2 Å². The first-order valence-corrected chi connectivity index (χ1v) is 10.0. The highest BCUT2D eigenvalue weighted by Gasteiger charge is 2.48. The van der Waals surface area contributed by atoms with Gasteiger partial charge in [-0.15, -0.1) is 0 Å². The van der Waals surface area contributed by atoms with E-state index in [9.17, 15) is 14.4 Å². The molecule has 1 saturated heterocycles. The Kier molecular flexibility index (Phi) is 5.60. The van der Waals surface area contributed by atoms with Crippen LogP contribution >= 0.6 is 0 Å². The summed E-state index contributed by atoms with van der Waals surface area (Å²) >= 11 is 0. The van der Waals surface area contributed by atoms with Gasteiger partial charge in [-0.1, -0.05) is 43.2 Å². The van der Waals surface area contributed by atoms with E-state index in [1.54, 1.807) is 24.3 Å². The van der Waals surface area contributed by atoms with Gasteiger partial charge in [0.1, 0.15) is 18.9 Å². The fourth-order valence-corrected chi connectivity index (χ4v) is 4.11. The number of rotatable bonds is 6. The summed E-state index contributed by atoms with van der Waals surface area (Å²) < 4.78 is 5.73. The van der Waals surface area contributed by atoms with Crippen LogP contribution < -0.4 is 10.1 Å². The van der Waals surface area contributed by atoms with Gasteiger partial charge < -0.3 is 10.1 Å². The van der Waals surface area contributed by atoms with Crippen LogP contribution in [-0.4, -0.2) is 29.2 Å². The maximum Gasteiger partial charge on any atom is 0.244 e. The van der Waals surface area contributed by atoms with Crippen molar-refractivity contribution in [2.45, 2.75) is 32.3 Å². The Morgan fingerprint density at radius 1 is 0.931 bits per heavy atom. The number of nitrogens with zero attached hydrogens (tertiary/aromatic N) is 1. The van der Waals surface area contributed by atoms with Gasteiger partial charge >= 0.3 is 0 Å². The first-order valence-electron chi connectivity index (χ1n) is 10.0. The molecule has 2 atom stereocenters. The van der Waals surface area contributed by atoms with E-state index < -0.39 is 0 Å². The molecule has 6 heteroatoms. The lowest BCUT2D eigenvalue weighted by molar-refractivity contribution is -0.142. The zero-order valence-corrected chi connectivity index (χ0v) is 16.2. The van der Waals surface area contributed by atoms with Crippen molar-refractivity contribution >= 4 is 23.4 Å². The second kappa shape index (κ2) is 8.47. The molecular formula is C23H24N2O4. The van der Waals surface area contributed by atoms with Crippen LogP contribution in [0.4, 0.5) is 5.69 Å². The third-order valence-corrected chi connectivity index (χ3v) is 5.62. The fraction of sp³-hybridized carbons (Fsp3) is 0.348. The van der Waals surface area contributed by atoms with Crippen molar-refractivity contribution in [2.24, 2.45) is 11.8 Å². The third kappa shape index (κ3) is 4.31. The zero-order chi connectivity index (χ0) is 20.2. The van der Waals surface area contributed by atoms with E-state index in [-0.39, 0.29) is 36.1 Å². The summed E-state index contributed by atoms with van der Waals surface area (Å²) in [6.07, 6.45) is 3.44. The van der Waals surface area contributed by atoms with E-state index in [1.165, 1.54) is 0 Å². The molecule has 29 heavy (non-hydrogen) atoms. The predicted octanol–water partition coefficient (Wildman–Crippen LogP) is 3.38. The standard InChI is InChI=1S/C23H24N2O4/c26-21(14-25-22(27)19-8-4-5-9-20(19)23(25)28)24-17-10-12-18(13-11-17)29-15-16-6-2-1-3-7-16/h1-3,6-7,10-13,19-20H,4-5,8-9,14-15H2,(H,24,26)/t19-,20+. The average molecular weight is 392 g/mol. The molecule has 1 N–H and O–H groups in total. The molecule has 1 aliphatic heterocycles. The van der Waals surface area contributed by atoms with Crippen molar-refractivity contribution in [2.75, 3.05) is 11.9 Å². The van der Waals surface area contributed by atoms with Crippen LogP contribution in [0, 0.1) is 11.8 Å². The number of carbonyl (C=O) groups excluding carboxylic acids is 3. The molecule has 3 amide bonds. The number of nitrogens with one attached hydrogen (secondary N) is 1. The Morgan fingerprint density at radius 2 is 1.55 bits per heavy atom. The van der Waals surface area contributed by atoms with Gasteiger partial charge in [0.05, 0.1) is 11.8 Å². The topological polar surface area (TPSA) is 75.7 Å². The Bertz CT molecular complexity index is 871. The number of carbonyl (C=O) groups is 3. The second-order valence-electron chi connectivity index (χ2n) is 7.61. The normalized spacial score (nSPS) is 21.0. The number of fused-ring (bicyclic) bond motifs is 1. The van der Waals surface area contributed by atoms with Gasteiger partial charge in [-0.25, -0.2) is 0 Å². The zero-order valence-electron chi connectivity index (χ0n) is 16.2. The molecule has 2 aromatic carbocycles. The van der Waals surface area contributed by atoms with Gasteiger partial charge in [0.2, 0.25) is 17.7 Å². The van der Waals surface area contributed by atoms with E-state index in [4.69, 9.17) is 4.74 Å². The SMILES string of the molecule is O=C(CN1C(=O)[C@H]2CCCC[C@H]2C1=O)Nc1ccc(OCc2ccccc2)cc1. The highest BCUT2D eigenvalue weighted by Crippen LogP contribution is 2.37. The molecule has 1 saturated carbocycles. The largest absolute Gasteiger partial charge is 0.489 e. The molecule has 0 radical (unpaired) electrons. The number of hydrogen-bond donors (Lipinski definition) is 1. The van der Waals surface area contributed by atoms with Gasteiger partial charge in [-0.05, 0) is 42.7 Å². The number of amides is 3. The van der Waals surface area contributed by atoms with Crippen molar-refractivity contribution in [1.29, 1.82) is 0 Å². The van der Waals surface area contributed by atoms with E-state index in [0.717, 1.165) is 36.1 Å². The molecule has 0 spiro atoms. The summed E-state index contributed by atoms with van der Waals surface area (Å²) in [6, 6.07) is 16.9. The molecule has 0 aromatic heterocycles. The van der Waals surface area contributed by atoms with Crippen LogP contribution in [0.3, 0.4) is 0 Å². The van der Waals surface area contributed by atoms with E-state index in [1.807, 2.05) is 30.3 Å². The van der Waals surface area contributed by atoms with Crippen LogP contribution in [0.2, 0.25) is 0 Å². The summed E-state index contributed by atoms with van der Waals surface area (Å²) in [7, 11) is 0. The van der Waals surface area contributed by atoms with Gasteiger partial charge in [-0.2, -0.15) is 0 Å². The summed E-state index contributed by atoms with van der Waals surface area (Å²) in [5.41, 5.74) is 1.67. The molecule has 2 aliphatic rings. The minimum Gasteiger partial charge on any atom is -0.489 e. The molecule has 150 valence electrons. The molecule has 2 fully saturated rings. The molecule has 4 rings (SSSR count). The van der Waals surface area contributed by atoms with Crippen molar-refractivity contribution in [3.63, 3.8) is 0 Å². The maximum atomic E-state index is 12.5. The lowest BCUT2D eigenvalue weighted by Crippen LogP contribution is -2.38. The minimum absolute atomic E-state index is 0.195. The number of imide groups is 1. The highest BCUT2D eigenvalue weighted by molar-refractivity contribution is 6.08. The van der Waals surface area contributed by atoms with Crippen molar-refractivity contribution in [3.05, 3.63) is 60.2 Å². The van der Waals surface area contributed by atoms with Crippen molar-refractivity contribution in [3.8, 4) is 5.75 Å². The fourth-order valence-electron chi connectivity index (χ4n) is 4.11. The van der Waals surface area contributed by atoms with Crippen LogP contribution in [-0.2, 0) is 21.0 Å². The highest BCUT2D eigenvalue weighted by atomic mass is 16.5. The smallest absolute Gasteiger partial charge is 0.244 e. The molecule has 2 aromatic rings. The lowest BCUT2D eigenvalue weighted by atomic mass is 9.81. The summed E-state index contributed by atoms with van der Waals surface area (Å²) in [5.74, 6) is -0.529. The van der Waals surface area contributed by atoms with E-state index in [0.29, 0.717) is 18.0 Å². The first-order chi connectivity index (χ1) is 14.1. The minimum atomic E-state index is -0.372. The van der Waals surface area contributed by atoms with Crippen molar-refractivity contribution < 1.29 is 19.1 Å². The number of anilines is 1. The molecule has 6 nitrogen and oxygen atoms in total. The Balaban J connectivity index is 1.30.